The van der Waals surface area contributed by atoms with Gasteiger partial charge in [-0.1, -0.05) is 0 Å². The second-order valence-corrected chi connectivity index (χ2v) is 5.80. The maximum Gasteiger partial charge on any atom is 0.422 e. The Bertz CT molecular complexity index is 807. The van der Waals surface area contributed by atoms with Gasteiger partial charge < -0.3 is 14.8 Å². The number of amides is 1. The molecule has 12 heteroatoms. The van der Waals surface area contributed by atoms with Crippen molar-refractivity contribution in [2.24, 2.45) is 0 Å². The average molecular weight is 423 g/mol. The van der Waals surface area contributed by atoms with Crippen molar-refractivity contribution < 1.29 is 40.6 Å². The predicted molar refractivity (Wildman–Crippen MR) is 87.5 cm³/mol. The Kier molecular flexibility index (Phi) is 6.88. The molecule has 0 aliphatic heterocycles. The number of hydrogen-bond donors (Lipinski definition) is 1. The summed E-state index contributed by atoms with van der Waals surface area (Å²) in [4.78, 5) is 19.8. The molecular formula is C17H15F6N3O3. The van der Waals surface area contributed by atoms with Crippen LogP contribution in [0.1, 0.15) is 29.1 Å². The summed E-state index contributed by atoms with van der Waals surface area (Å²) in [6, 6.07) is 4.40. The van der Waals surface area contributed by atoms with Crippen LogP contribution in [0.4, 0.5) is 26.3 Å². The van der Waals surface area contributed by atoms with E-state index in [1.165, 1.54) is 24.3 Å². The van der Waals surface area contributed by atoms with Gasteiger partial charge in [-0.05, 0) is 31.2 Å². The van der Waals surface area contributed by atoms with Crippen molar-refractivity contribution in [3.63, 3.8) is 0 Å². The molecule has 0 aromatic carbocycles. The highest BCUT2D eigenvalue weighted by Gasteiger charge is 2.29. The third-order valence-corrected chi connectivity index (χ3v) is 3.32. The zero-order chi connectivity index (χ0) is 21.7. The van der Waals surface area contributed by atoms with Gasteiger partial charge in [0.25, 0.3) is 5.91 Å². The fourth-order valence-electron chi connectivity index (χ4n) is 2.01. The first-order valence-corrected chi connectivity index (χ1v) is 8.05. The summed E-state index contributed by atoms with van der Waals surface area (Å²) in [5, 5.41) is 2.56. The highest BCUT2D eigenvalue weighted by atomic mass is 19.4. The third-order valence-electron chi connectivity index (χ3n) is 3.32. The molecule has 1 N–H and O–H groups in total. The minimum atomic E-state index is -4.49. The predicted octanol–water partition coefficient (Wildman–Crippen LogP) is 3.85. The third kappa shape index (κ3) is 7.84. The molecule has 0 fully saturated rings. The Labute approximate surface area is 160 Å². The van der Waals surface area contributed by atoms with Crippen molar-refractivity contribution in [3.05, 3.63) is 48.0 Å². The van der Waals surface area contributed by atoms with Crippen LogP contribution < -0.4 is 14.8 Å². The second kappa shape index (κ2) is 8.97. The van der Waals surface area contributed by atoms with Crippen molar-refractivity contribution in [2.45, 2.75) is 25.3 Å². The summed E-state index contributed by atoms with van der Waals surface area (Å²) < 4.78 is 81.7. The van der Waals surface area contributed by atoms with E-state index in [1.54, 1.807) is 6.92 Å². The van der Waals surface area contributed by atoms with Crippen molar-refractivity contribution in [1.82, 2.24) is 15.3 Å². The van der Waals surface area contributed by atoms with Crippen molar-refractivity contribution in [3.8, 4) is 11.5 Å². The molecule has 0 saturated heterocycles. The number of halogens is 6. The molecule has 0 aliphatic carbocycles. The second-order valence-electron chi connectivity index (χ2n) is 5.80. The lowest BCUT2D eigenvalue weighted by Gasteiger charge is -2.14. The van der Waals surface area contributed by atoms with Gasteiger partial charge >= 0.3 is 12.4 Å². The number of nitrogens with zero attached hydrogens (tertiary/aromatic N) is 2. The average Bonchev–Trinajstić information content (AvgIpc) is 2.64. The molecule has 0 radical (unpaired) electrons. The van der Waals surface area contributed by atoms with Gasteiger partial charge in [-0.3, -0.25) is 9.78 Å². The van der Waals surface area contributed by atoms with Crippen LogP contribution in [0, 0.1) is 0 Å². The van der Waals surface area contributed by atoms with E-state index in [-0.39, 0.29) is 17.2 Å². The number of carbonyl (C=O) groups is 1. The first kappa shape index (κ1) is 22.2. The number of alkyl halides is 6. The van der Waals surface area contributed by atoms with E-state index in [4.69, 9.17) is 0 Å². The lowest BCUT2D eigenvalue weighted by Crippen LogP contribution is -2.28. The number of hydrogen-bond acceptors (Lipinski definition) is 5. The number of rotatable bonds is 7. The summed E-state index contributed by atoms with van der Waals surface area (Å²) in [7, 11) is 0. The van der Waals surface area contributed by atoms with Crippen LogP contribution in [0.15, 0.2) is 36.7 Å². The summed E-state index contributed by atoms with van der Waals surface area (Å²) in [5.74, 6) is -0.859. The van der Waals surface area contributed by atoms with Gasteiger partial charge in [0.15, 0.2) is 13.2 Å². The van der Waals surface area contributed by atoms with Gasteiger partial charge in [-0.2, -0.15) is 26.3 Å². The fourth-order valence-corrected chi connectivity index (χ4v) is 2.01. The van der Waals surface area contributed by atoms with Crippen LogP contribution in [-0.2, 0) is 0 Å². The largest absolute Gasteiger partial charge is 0.483 e. The van der Waals surface area contributed by atoms with Gasteiger partial charge in [0, 0.05) is 0 Å². The zero-order valence-electron chi connectivity index (χ0n) is 14.8. The number of pyridine rings is 2. The van der Waals surface area contributed by atoms with E-state index in [2.05, 4.69) is 24.8 Å². The summed E-state index contributed by atoms with van der Waals surface area (Å²) >= 11 is 0. The Morgan fingerprint density at radius 3 is 1.86 bits per heavy atom. The SMILES string of the molecule is C[C@H](NC(=O)c1ccc(OCC(F)(F)F)cn1)c1ccc(OCC(F)(F)F)cn1. The van der Waals surface area contributed by atoms with Crippen LogP contribution in [0.5, 0.6) is 11.5 Å². The topological polar surface area (TPSA) is 73.3 Å². The van der Waals surface area contributed by atoms with Gasteiger partial charge in [0.1, 0.15) is 17.2 Å². The minimum absolute atomic E-state index is 0.0682. The van der Waals surface area contributed by atoms with Crippen molar-refractivity contribution in [2.75, 3.05) is 13.2 Å². The van der Waals surface area contributed by atoms with E-state index in [0.29, 0.717) is 5.69 Å². The molecule has 2 aromatic rings. The highest BCUT2D eigenvalue weighted by molar-refractivity contribution is 5.92. The smallest absolute Gasteiger partial charge is 0.422 e. The molecule has 2 aromatic heterocycles. The minimum Gasteiger partial charge on any atom is -0.483 e. The fraction of sp³-hybridized carbons (Fsp3) is 0.353. The molecule has 2 heterocycles. The number of nitrogens with one attached hydrogen (secondary N) is 1. The Balaban J connectivity index is 1.91. The monoisotopic (exact) mass is 423 g/mol. The quantitative estimate of drug-likeness (QED) is 0.685. The normalized spacial score (nSPS) is 12.9. The van der Waals surface area contributed by atoms with Crippen LogP contribution in [0.2, 0.25) is 0 Å². The number of carbonyl (C=O) groups excluding carboxylic acids is 1. The van der Waals surface area contributed by atoms with E-state index in [9.17, 15) is 31.1 Å². The summed E-state index contributed by atoms with van der Waals surface area (Å²) in [6.07, 6.45) is -6.89. The van der Waals surface area contributed by atoms with E-state index < -0.39 is 37.5 Å². The molecule has 2 rings (SSSR count). The molecule has 0 aliphatic rings. The number of ether oxygens (including phenoxy) is 2. The van der Waals surface area contributed by atoms with Crippen LogP contribution >= 0.6 is 0 Å². The molecule has 1 atom stereocenters. The maximum atomic E-state index is 12.2. The van der Waals surface area contributed by atoms with Gasteiger partial charge in [-0.15, -0.1) is 0 Å². The van der Waals surface area contributed by atoms with Gasteiger partial charge in [0.2, 0.25) is 0 Å². The lowest BCUT2D eigenvalue weighted by atomic mass is 10.2. The molecular weight excluding hydrogens is 408 g/mol. The molecule has 6 nitrogen and oxygen atoms in total. The molecule has 0 spiro atoms. The first-order valence-electron chi connectivity index (χ1n) is 8.05. The van der Waals surface area contributed by atoms with E-state index in [1.807, 2.05) is 0 Å². The standard InChI is InChI=1S/C17H15F6N3O3/c1-10(13-4-2-11(6-24-13)28-8-16(18,19)20)26-15(27)14-5-3-12(7-25-14)29-9-17(21,22)23/h2-7,10H,8-9H2,1H3,(H,26,27)/t10-/m0/s1. The van der Waals surface area contributed by atoms with E-state index in [0.717, 1.165) is 12.4 Å². The summed E-state index contributed by atoms with van der Waals surface area (Å²) in [6.45, 7) is -1.35. The number of aromatic nitrogens is 2. The Hall–Kier alpha value is -3.05. The molecule has 29 heavy (non-hydrogen) atoms. The molecule has 158 valence electrons. The van der Waals surface area contributed by atoms with Crippen LogP contribution in [0.25, 0.3) is 0 Å². The van der Waals surface area contributed by atoms with Crippen molar-refractivity contribution in [1.29, 1.82) is 0 Å². The molecule has 1 amide bonds. The Morgan fingerprint density at radius 2 is 1.45 bits per heavy atom. The van der Waals surface area contributed by atoms with Gasteiger partial charge in [-0.25, -0.2) is 4.98 Å². The van der Waals surface area contributed by atoms with Gasteiger partial charge in [0.05, 0.1) is 24.1 Å². The van der Waals surface area contributed by atoms with Crippen LogP contribution in [0.3, 0.4) is 0 Å². The van der Waals surface area contributed by atoms with E-state index >= 15 is 0 Å². The molecule has 0 saturated carbocycles. The zero-order valence-corrected chi connectivity index (χ0v) is 14.8. The maximum absolute atomic E-state index is 12.2. The Morgan fingerprint density at radius 1 is 0.931 bits per heavy atom. The summed E-state index contributed by atoms with van der Waals surface area (Å²) in [5.41, 5.74) is 0.282. The molecule has 0 bridgehead atoms. The van der Waals surface area contributed by atoms with Crippen molar-refractivity contribution >= 4 is 5.91 Å². The lowest BCUT2D eigenvalue weighted by molar-refractivity contribution is -0.154. The van der Waals surface area contributed by atoms with Crippen LogP contribution in [-0.4, -0.2) is 41.4 Å². The highest BCUT2D eigenvalue weighted by Crippen LogP contribution is 2.20. The molecule has 0 unspecified atom stereocenters. The first-order chi connectivity index (χ1) is 13.4.